The molecule has 1 N–H and O–H groups in total. The molecule has 1 heterocycles. The summed E-state index contributed by atoms with van der Waals surface area (Å²) in [5, 5.41) is 2.56. The number of imide groups is 1. The predicted molar refractivity (Wildman–Crippen MR) is 118 cm³/mol. The van der Waals surface area contributed by atoms with Gasteiger partial charge in [-0.3, -0.25) is 19.3 Å². The molecule has 29 heavy (non-hydrogen) atoms. The fourth-order valence-electron chi connectivity index (χ4n) is 2.58. The van der Waals surface area contributed by atoms with E-state index in [2.05, 4.69) is 21.2 Å². The Balaban J connectivity index is 1.72. The lowest BCUT2D eigenvalue weighted by atomic mass is 10.2. The van der Waals surface area contributed by atoms with Crippen molar-refractivity contribution in [2.24, 2.45) is 0 Å². The topological polar surface area (TPSA) is 75.7 Å². The fraction of sp³-hybridized carbons (Fsp3) is 0.150. The van der Waals surface area contributed by atoms with Gasteiger partial charge in [-0.05, 0) is 65.0 Å². The van der Waals surface area contributed by atoms with E-state index in [1.54, 1.807) is 36.4 Å². The van der Waals surface area contributed by atoms with Crippen molar-refractivity contribution in [1.29, 1.82) is 0 Å². The van der Waals surface area contributed by atoms with Gasteiger partial charge >= 0.3 is 0 Å². The molecular weight excluding hydrogens is 480 g/mol. The summed E-state index contributed by atoms with van der Waals surface area (Å²) >= 11 is 10.1. The summed E-state index contributed by atoms with van der Waals surface area (Å²) in [5.41, 5.74) is 1.16. The maximum absolute atomic E-state index is 12.6. The second-order valence-corrected chi connectivity index (χ2v) is 8.17. The molecule has 0 atom stereocenters. The molecule has 1 saturated heterocycles. The van der Waals surface area contributed by atoms with Crippen molar-refractivity contribution in [1.82, 2.24) is 4.90 Å². The Hall–Kier alpha value is -2.29. The van der Waals surface area contributed by atoms with E-state index in [0.717, 1.165) is 16.7 Å². The van der Waals surface area contributed by atoms with Crippen LogP contribution < -0.4 is 10.1 Å². The number of carbonyl (C=O) groups is 3. The van der Waals surface area contributed by atoms with Crippen molar-refractivity contribution in [3.63, 3.8) is 0 Å². The van der Waals surface area contributed by atoms with E-state index in [0.29, 0.717) is 33.1 Å². The van der Waals surface area contributed by atoms with E-state index in [-0.39, 0.29) is 11.4 Å². The molecule has 1 aliphatic rings. The van der Waals surface area contributed by atoms with Crippen LogP contribution in [0.15, 0.2) is 51.8 Å². The molecule has 1 aliphatic heterocycles. The zero-order valence-corrected chi connectivity index (χ0v) is 18.4. The number of benzene rings is 2. The standard InChI is InChI=1S/C20H16BrClN2O4S/c1-2-28-16-6-4-3-5-12(16)9-17-19(26)24(20(27)29-17)11-18(25)23-13-7-8-14(21)15(22)10-13/h3-10H,2,11H2,1H3,(H,23,25)/b17-9+. The largest absolute Gasteiger partial charge is 0.493 e. The molecule has 1 fully saturated rings. The fourth-order valence-corrected chi connectivity index (χ4v) is 3.84. The van der Waals surface area contributed by atoms with Gasteiger partial charge in [0, 0.05) is 15.7 Å². The molecule has 2 aromatic rings. The Morgan fingerprint density at radius 2 is 2.03 bits per heavy atom. The van der Waals surface area contributed by atoms with Crippen LogP contribution in [0.2, 0.25) is 5.02 Å². The van der Waals surface area contributed by atoms with Crippen LogP contribution in [0.3, 0.4) is 0 Å². The second kappa shape index (κ2) is 9.47. The van der Waals surface area contributed by atoms with Crippen molar-refractivity contribution < 1.29 is 19.1 Å². The van der Waals surface area contributed by atoms with Gasteiger partial charge in [0.1, 0.15) is 12.3 Å². The first-order chi connectivity index (χ1) is 13.9. The second-order valence-electron chi connectivity index (χ2n) is 5.92. The van der Waals surface area contributed by atoms with Crippen LogP contribution >= 0.6 is 39.3 Å². The highest BCUT2D eigenvalue weighted by Gasteiger charge is 2.36. The minimum absolute atomic E-state index is 0.238. The van der Waals surface area contributed by atoms with Crippen LogP contribution in [0, 0.1) is 0 Å². The monoisotopic (exact) mass is 494 g/mol. The number of anilines is 1. The molecule has 0 bridgehead atoms. The average Bonchev–Trinajstić information content (AvgIpc) is 2.94. The molecule has 150 valence electrons. The summed E-state index contributed by atoms with van der Waals surface area (Å²) < 4.78 is 6.24. The van der Waals surface area contributed by atoms with Crippen molar-refractivity contribution in [3.8, 4) is 5.75 Å². The Morgan fingerprint density at radius 1 is 1.28 bits per heavy atom. The lowest BCUT2D eigenvalue weighted by Gasteiger charge is -2.13. The summed E-state index contributed by atoms with van der Waals surface area (Å²) in [6.07, 6.45) is 1.60. The van der Waals surface area contributed by atoms with Gasteiger partial charge in [0.25, 0.3) is 11.1 Å². The maximum atomic E-state index is 12.6. The number of hydrogen-bond acceptors (Lipinski definition) is 5. The molecule has 0 saturated carbocycles. The number of ether oxygens (including phenoxy) is 1. The minimum Gasteiger partial charge on any atom is -0.493 e. The number of nitrogens with one attached hydrogen (secondary N) is 1. The SMILES string of the molecule is CCOc1ccccc1/C=C1/SC(=O)N(CC(=O)Nc2ccc(Br)c(Cl)c2)C1=O. The normalized spacial score (nSPS) is 15.1. The molecule has 3 rings (SSSR count). The number of para-hydroxylation sites is 1. The quantitative estimate of drug-likeness (QED) is 0.559. The smallest absolute Gasteiger partial charge is 0.294 e. The van der Waals surface area contributed by atoms with Gasteiger partial charge in [-0.1, -0.05) is 29.8 Å². The first-order valence-electron chi connectivity index (χ1n) is 8.61. The third-order valence-corrected chi connectivity index (χ3v) is 6.02. The Labute approximate surface area is 185 Å². The minimum atomic E-state index is -0.518. The zero-order chi connectivity index (χ0) is 21.0. The molecule has 9 heteroatoms. The van der Waals surface area contributed by atoms with Crippen molar-refractivity contribution in [2.45, 2.75) is 6.92 Å². The number of hydrogen-bond donors (Lipinski definition) is 1. The van der Waals surface area contributed by atoms with Gasteiger partial charge in [-0.25, -0.2) is 0 Å². The molecule has 0 aromatic heterocycles. The van der Waals surface area contributed by atoms with E-state index in [1.165, 1.54) is 0 Å². The van der Waals surface area contributed by atoms with Crippen LogP contribution in [0.25, 0.3) is 6.08 Å². The van der Waals surface area contributed by atoms with E-state index in [1.807, 2.05) is 19.1 Å². The number of nitrogens with zero attached hydrogens (tertiary/aromatic N) is 1. The van der Waals surface area contributed by atoms with Gasteiger partial charge in [-0.15, -0.1) is 0 Å². The number of thioether (sulfide) groups is 1. The van der Waals surface area contributed by atoms with Gasteiger partial charge in [-0.2, -0.15) is 0 Å². The first kappa shape index (κ1) is 21.4. The molecule has 0 radical (unpaired) electrons. The molecule has 3 amide bonds. The summed E-state index contributed by atoms with van der Waals surface area (Å²) in [6, 6.07) is 12.1. The Kier molecular flexibility index (Phi) is 7.00. The van der Waals surface area contributed by atoms with Crippen LogP contribution in [0.1, 0.15) is 12.5 Å². The summed E-state index contributed by atoms with van der Waals surface area (Å²) in [4.78, 5) is 38.4. The predicted octanol–water partition coefficient (Wildman–Crippen LogP) is 5.18. The van der Waals surface area contributed by atoms with E-state index >= 15 is 0 Å². The molecule has 6 nitrogen and oxygen atoms in total. The van der Waals surface area contributed by atoms with E-state index in [9.17, 15) is 14.4 Å². The van der Waals surface area contributed by atoms with Gasteiger partial charge in [0.2, 0.25) is 5.91 Å². The average molecular weight is 496 g/mol. The highest BCUT2D eigenvalue weighted by atomic mass is 79.9. The highest BCUT2D eigenvalue weighted by Crippen LogP contribution is 2.34. The first-order valence-corrected chi connectivity index (χ1v) is 10.6. The number of rotatable bonds is 6. The number of carbonyl (C=O) groups excluding carboxylic acids is 3. The molecule has 0 unspecified atom stereocenters. The van der Waals surface area contributed by atoms with E-state index in [4.69, 9.17) is 16.3 Å². The summed E-state index contributed by atoms with van der Waals surface area (Å²) in [7, 11) is 0. The third kappa shape index (κ3) is 5.20. The van der Waals surface area contributed by atoms with E-state index < -0.39 is 17.1 Å². The van der Waals surface area contributed by atoms with Crippen LogP contribution in [0.5, 0.6) is 5.75 Å². The molecule has 2 aromatic carbocycles. The van der Waals surface area contributed by atoms with Crippen LogP contribution in [0.4, 0.5) is 10.5 Å². The van der Waals surface area contributed by atoms with Crippen molar-refractivity contribution >= 4 is 68.1 Å². The van der Waals surface area contributed by atoms with Crippen LogP contribution in [-0.4, -0.2) is 35.1 Å². The summed E-state index contributed by atoms with van der Waals surface area (Å²) in [6.45, 7) is 1.96. The lowest BCUT2D eigenvalue weighted by molar-refractivity contribution is -0.127. The maximum Gasteiger partial charge on any atom is 0.294 e. The lowest BCUT2D eigenvalue weighted by Crippen LogP contribution is -2.36. The zero-order valence-electron chi connectivity index (χ0n) is 15.3. The number of halogens is 2. The van der Waals surface area contributed by atoms with Crippen molar-refractivity contribution in [3.05, 3.63) is 62.4 Å². The van der Waals surface area contributed by atoms with Gasteiger partial charge < -0.3 is 10.1 Å². The molecular formula is C20H16BrClN2O4S. The van der Waals surface area contributed by atoms with Crippen molar-refractivity contribution in [2.75, 3.05) is 18.5 Å². The number of amides is 3. The van der Waals surface area contributed by atoms with Gasteiger partial charge in [0.15, 0.2) is 0 Å². The molecule has 0 spiro atoms. The third-order valence-electron chi connectivity index (χ3n) is 3.88. The van der Waals surface area contributed by atoms with Gasteiger partial charge in [0.05, 0.1) is 16.5 Å². The Bertz CT molecular complexity index is 1010. The summed E-state index contributed by atoms with van der Waals surface area (Å²) in [5.74, 6) is -0.399. The highest BCUT2D eigenvalue weighted by molar-refractivity contribution is 9.10. The van der Waals surface area contributed by atoms with Crippen LogP contribution in [-0.2, 0) is 9.59 Å². The Morgan fingerprint density at radius 3 is 2.76 bits per heavy atom. The molecule has 0 aliphatic carbocycles.